The predicted molar refractivity (Wildman–Crippen MR) is 76.7 cm³/mol. The summed E-state index contributed by atoms with van der Waals surface area (Å²) in [6.45, 7) is 2.61. The molecule has 0 aliphatic heterocycles. The molecule has 1 heterocycles. The Morgan fingerprint density at radius 1 is 1.40 bits per heavy atom. The molecule has 7 nitrogen and oxygen atoms in total. The zero-order valence-electron chi connectivity index (χ0n) is 11.9. The van der Waals surface area contributed by atoms with E-state index in [4.69, 9.17) is 10.5 Å². The Hall–Kier alpha value is -1.06. The Labute approximate surface area is 120 Å². The van der Waals surface area contributed by atoms with Crippen LogP contribution in [0, 0.1) is 0 Å². The number of nitrogens with zero attached hydrogens (tertiary/aromatic N) is 2. The fourth-order valence-corrected chi connectivity index (χ4v) is 2.47. The summed E-state index contributed by atoms with van der Waals surface area (Å²) in [5.41, 5.74) is 6.07. The van der Waals surface area contributed by atoms with Gasteiger partial charge in [0.2, 0.25) is 10.0 Å². The average Bonchev–Trinajstić information content (AvgIpc) is 2.45. The van der Waals surface area contributed by atoms with Crippen molar-refractivity contribution in [2.75, 3.05) is 40.4 Å². The summed E-state index contributed by atoms with van der Waals surface area (Å²) in [4.78, 5) is 6.11. The van der Waals surface area contributed by atoms with Gasteiger partial charge < -0.3 is 15.4 Å². The van der Waals surface area contributed by atoms with Crippen LogP contribution in [0.2, 0.25) is 0 Å². The van der Waals surface area contributed by atoms with E-state index in [0.717, 1.165) is 6.54 Å². The van der Waals surface area contributed by atoms with Crippen LogP contribution in [-0.4, -0.2) is 58.7 Å². The summed E-state index contributed by atoms with van der Waals surface area (Å²) in [5.74, 6) is 0. The lowest BCUT2D eigenvalue weighted by Crippen LogP contribution is -2.34. The summed E-state index contributed by atoms with van der Waals surface area (Å²) < 4.78 is 31.5. The van der Waals surface area contributed by atoms with E-state index < -0.39 is 10.0 Å². The van der Waals surface area contributed by atoms with Gasteiger partial charge in [-0.15, -0.1) is 0 Å². The Balaban J connectivity index is 2.48. The fourth-order valence-electron chi connectivity index (χ4n) is 1.50. The molecule has 0 aliphatic rings. The molecule has 1 rings (SSSR count). The molecule has 1 aromatic heterocycles. The minimum Gasteiger partial charge on any atom is -0.383 e. The third-order valence-electron chi connectivity index (χ3n) is 2.78. The number of sulfonamides is 1. The summed E-state index contributed by atoms with van der Waals surface area (Å²) in [6.07, 6.45) is 1.32. The normalized spacial score (nSPS) is 12.0. The van der Waals surface area contributed by atoms with E-state index in [-0.39, 0.29) is 11.4 Å². The van der Waals surface area contributed by atoms with Gasteiger partial charge >= 0.3 is 0 Å². The van der Waals surface area contributed by atoms with Crippen LogP contribution in [0.4, 0.5) is 0 Å². The maximum atomic E-state index is 12.0. The second kappa shape index (κ2) is 8.28. The molecule has 114 valence electrons. The highest BCUT2D eigenvalue weighted by Crippen LogP contribution is 2.07. The Bertz CT molecular complexity index is 490. The van der Waals surface area contributed by atoms with Gasteiger partial charge in [0.25, 0.3) is 0 Å². The number of hydrogen-bond donors (Lipinski definition) is 2. The first-order valence-electron chi connectivity index (χ1n) is 6.31. The minimum atomic E-state index is -3.51. The summed E-state index contributed by atoms with van der Waals surface area (Å²) in [7, 11) is 0.0285. The largest absolute Gasteiger partial charge is 0.383 e. The van der Waals surface area contributed by atoms with Crippen molar-refractivity contribution in [1.29, 1.82) is 0 Å². The van der Waals surface area contributed by atoms with E-state index in [0.29, 0.717) is 25.4 Å². The van der Waals surface area contributed by atoms with Crippen molar-refractivity contribution in [3.8, 4) is 0 Å². The van der Waals surface area contributed by atoms with Crippen LogP contribution in [-0.2, 0) is 21.3 Å². The van der Waals surface area contributed by atoms with Gasteiger partial charge in [-0.25, -0.2) is 13.1 Å². The van der Waals surface area contributed by atoms with E-state index in [1.54, 1.807) is 13.2 Å². The summed E-state index contributed by atoms with van der Waals surface area (Å²) in [5, 5.41) is 0. The number of pyridine rings is 1. The molecule has 0 saturated heterocycles. The van der Waals surface area contributed by atoms with E-state index in [2.05, 4.69) is 9.71 Å². The lowest BCUT2D eigenvalue weighted by atomic mass is 10.4. The third kappa shape index (κ3) is 5.51. The molecule has 0 fully saturated rings. The van der Waals surface area contributed by atoms with Gasteiger partial charge in [0.05, 0.1) is 12.3 Å². The maximum Gasteiger partial charge on any atom is 0.242 e. The minimum absolute atomic E-state index is 0.147. The van der Waals surface area contributed by atoms with E-state index in [1.165, 1.54) is 12.3 Å². The van der Waals surface area contributed by atoms with Crippen molar-refractivity contribution >= 4 is 10.0 Å². The van der Waals surface area contributed by atoms with Crippen LogP contribution in [0.1, 0.15) is 5.69 Å². The molecule has 0 radical (unpaired) electrons. The quantitative estimate of drug-likeness (QED) is 0.632. The number of nitrogens with two attached hydrogens (primary N) is 1. The first-order chi connectivity index (χ1) is 9.49. The van der Waals surface area contributed by atoms with Crippen LogP contribution in [0.15, 0.2) is 23.2 Å². The predicted octanol–water partition coefficient (Wildman–Crippen LogP) is -0.603. The van der Waals surface area contributed by atoms with Crippen molar-refractivity contribution in [3.63, 3.8) is 0 Å². The van der Waals surface area contributed by atoms with Gasteiger partial charge in [0, 0.05) is 39.5 Å². The molecule has 0 atom stereocenters. The van der Waals surface area contributed by atoms with Crippen molar-refractivity contribution in [2.24, 2.45) is 5.73 Å². The van der Waals surface area contributed by atoms with Gasteiger partial charge in [-0.3, -0.25) is 4.98 Å². The highest BCUT2D eigenvalue weighted by Gasteiger charge is 2.13. The van der Waals surface area contributed by atoms with Gasteiger partial charge in [-0.2, -0.15) is 0 Å². The molecule has 0 unspecified atom stereocenters. The van der Waals surface area contributed by atoms with Crippen LogP contribution in [0.5, 0.6) is 0 Å². The lowest BCUT2D eigenvalue weighted by molar-refractivity contribution is 0.162. The Morgan fingerprint density at radius 3 is 2.70 bits per heavy atom. The molecule has 8 heteroatoms. The average molecular weight is 302 g/mol. The lowest BCUT2D eigenvalue weighted by Gasteiger charge is -2.16. The molecule has 0 amide bonds. The molecule has 0 bridgehead atoms. The van der Waals surface area contributed by atoms with Crippen LogP contribution < -0.4 is 10.5 Å². The second-order valence-corrected chi connectivity index (χ2v) is 6.15. The maximum absolute atomic E-state index is 12.0. The first kappa shape index (κ1) is 17.0. The van der Waals surface area contributed by atoms with E-state index in [1.807, 2.05) is 11.9 Å². The number of nitrogens with one attached hydrogen (secondary N) is 1. The molecular weight excluding hydrogens is 280 g/mol. The monoisotopic (exact) mass is 302 g/mol. The van der Waals surface area contributed by atoms with Crippen LogP contribution in [0.3, 0.4) is 0 Å². The van der Waals surface area contributed by atoms with Crippen molar-refractivity contribution in [2.45, 2.75) is 11.4 Å². The van der Waals surface area contributed by atoms with Gasteiger partial charge in [0.15, 0.2) is 0 Å². The zero-order chi connectivity index (χ0) is 15.0. The van der Waals surface area contributed by atoms with Gasteiger partial charge in [0.1, 0.15) is 4.90 Å². The highest BCUT2D eigenvalue weighted by atomic mass is 32.2. The number of hydrogen-bond acceptors (Lipinski definition) is 6. The fraction of sp³-hybridized carbons (Fsp3) is 0.583. The van der Waals surface area contributed by atoms with Crippen LogP contribution in [0.25, 0.3) is 0 Å². The summed E-state index contributed by atoms with van der Waals surface area (Å²) in [6, 6.07) is 3.12. The molecule has 3 N–H and O–H groups in total. The van der Waals surface area contributed by atoms with E-state index >= 15 is 0 Å². The topological polar surface area (TPSA) is 97.5 Å². The van der Waals surface area contributed by atoms with Crippen molar-refractivity contribution in [1.82, 2.24) is 14.6 Å². The number of aromatic nitrogens is 1. The molecule has 0 saturated carbocycles. The van der Waals surface area contributed by atoms with Gasteiger partial charge in [-0.1, -0.05) is 0 Å². The number of likely N-dealkylation sites (N-methyl/N-ethyl adjacent to an activating group) is 1. The molecule has 0 aliphatic carbocycles. The smallest absolute Gasteiger partial charge is 0.242 e. The molecule has 20 heavy (non-hydrogen) atoms. The summed E-state index contributed by atoms with van der Waals surface area (Å²) >= 11 is 0. The van der Waals surface area contributed by atoms with Crippen molar-refractivity contribution in [3.05, 3.63) is 24.0 Å². The Kier molecular flexibility index (Phi) is 7.03. The number of methoxy groups -OCH3 is 1. The zero-order valence-corrected chi connectivity index (χ0v) is 12.7. The first-order valence-corrected chi connectivity index (χ1v) is 7.80. The second-order valence-electron chi connectivity index (χ2n) is 4.38. The van der Waals surface area contributed by atoms with Crippen LogP contribution >= 0.6 is 0 Å². The number of ether oxygens (including phenoxy) is 1. The van der Waals surface area contributed by atoms with E-state index in [9.17, 15) is 8.42 Å². The van der Waals surface area contributed by atoms with Gasteiger partial charge in [-0.05, 0) is 19.2 Å². The molecule has 0 aromatic carbocycles. The molecule has 1 aromatic rings. The molecule has 0 spiro atoms. The number of rotatable bonds is 9. The standard InChI is InChI=1S/C12H22N4O3S/c1-16(7-8-19-2)6-5-15-20(17,18)12-4-3-11(9-13)14-10-12/h3-4,10,15H,5-9,13H2,1-2H3. The third-order valence-corrected chi connectivity index (χ3v) is 4.23. The molecular formula is C12H22N4O3S. The Morgan fingerprint density at radius 2 is 2.15 bits per heavy atom. The SMILES string of the molecule is COCCN(C)CCNS(=O)(=O)c1ccc(CN)nc1. The highest BCUT2D eigenvalue weighted by molar-refractivity contribution is 7.89. The van der Waals surface area contributed by atoms with Crippen molar-refractivity contribution < 1.29 is 13.2 Å².